The summed E-state index contributed by atoms with van der Waals surface area (Å²) in [5.41, 5.74) is 7.28. The van der Waals surface area contributed by atoms with E-state index in [0.29, 0.717) is 11.3 Å². The molecule has 1 aromatic carbocycles. The fraction of sp³-hybridized carbons (Fsp3) is 0.333. The van der Waals surface area contributed by atoms with Crippen molar-refractivity contribution in [1.29, 1.82) is 0 Å². The number of rotatable bonds is 6. The molecule has 1 aromatic rings. The molecular formula is C12H16N2O5. The summed E-state index contributed by atoms with van der Waals surface area (Å²) >= 11 is 0. The van der Waals surface area contributed by atoms with E-state index in [1.807, 2.05) is 0 Å². The third-order valence-electron chi connectivity index (χ3n) is 2.68. The molecule has 0 aliphatic rings. The van der Waals surface area contributed by atoms with E-state index in [-0.39, 0.29) is 18.6 Å². The fourth-order valence-electron chi connectivity index (χ4n) is 1.69. The normalized spacial score (nSPS) is 11.7. The van der Waals surface area contributed by atoms with E-state index in [2.05, 4.69) is 0 Å². The average Bonchev–Trinajstić information content (AvgIpc) is 2.37. The number of benzene rings is 1. The summed E-state index contributed by atoms with van der Waals surface area (Å²) in [7, 11) is 1.42. The number of hydrogen-bond donors (Lipinski definition) is 4. The van der Waals surface area contributed by atoms with Gasteiger partial charge in [-0.05, 0) is 24.1 Å². The second kappa shape index (κ2) is 6.60. The van der Waals surface area contributed by atoms with Crippen molar-refractivity contribution in [2.45, 2.75) is 12.8 Å². The second-order valence-corrected chi connectivity index (χ2v) is 4.05. The van der Waals surface area contributed by atoms with E-state index in [4.69, 9.17) is 15.7 Å². The Kier molecular flexibility index (Phi) is 5.13. The molecule has 0 bridgehead atoms. The van der Waals surface area contributed by atoms with Gasteiger partial charge in [-0.3, -0.25) is 14.8 Å². The number of ether oxygens (including phenoxy) is 1. The van der Waals surface area contributed by atoms with E-state index < -0.39 is 17.7 Å². The summed E-state index contributed by atoms with van der Waals surface area (Å²) in [6, 6.07) is 4.64. The van der Waals surface area contributed by atoms with Crippen LogP contribution >= 0.6 is 0 Å². The van der Waals surface area contributed by atoms with Gasteiger partial charge in [0.2, 0.25) is 11.8 Å². The number of nitrogens with one attached hydrogen (secondary N) is 1. The number of hydrogen-bond acceptors (Lipinski definition) is 5. The Hall–Kier alpha value is -2.28. The van der Waals surface area contributed by atoms with Crippen molar-refractivity contribution < 1.29 is 24.6 Å². The number of amides is 2. The smallest absolute Gasteiger partial charge is 0.244 e. The summed E-state index contributed by atoms with van der Waals surface area (Å²) in [5.74, 6) is -1.86. The lowest BCUT2D eigenvalue weighted by atomic mass is 9.95. The highest BCUT2D eigenvalue weighted by Crippen LogP contribution is 2.27. The Morgan fingerprint density at radius 3 is 2.63 bits per heavy atom. The summed E-state index contributed by atoms with van der Waals surface area (Å²) in [6.07, 6.45) is -0.0427. The monoisotopic (exact) mass is 268 g/mol. The standard InChI is InChI=1S/C12H16N2O5/c1-19-10-3-2-7(5-9(10)15)4-8(12(13)17)6-11(16)14-18/h2-3,5,8,15,18H,4,6H2,1H3,(H2,13,17)(H,14,16)/t8-/m1/s1. The number of primary amides is 1. The van der Waals surface area contributed by atoms with Gasteiger partial charge in [-0.25, -0.2) is 5.48 Å². The first-order chi connectivity index (χ1) is 8.97. The SMILES string of the molecule is COc1ccc(C[C@H](CC(=O)NO)C(N)=O)cc1O. The molecule has 0 unspecified atom stereocenters. The Labute approximate surface area is 109 Å². The van der Waals surface area contributed by atoms with Gasteiger partial charge in [-0.2, -0.15) is 0 Å². The molecule has 0 aliphatic heterocycles. The van der Waals surface area contributed by atoms with Gasteiger partial charge in [-0.1, -0.05) is 6.07 Å². The molecule has 0 spiro atoms. The molecule has 0 saturated heterocycles. The maximum absolute atomic E-state index is 11.2. The quantitative estimate of drug-likeness (QED) is 0.425. The number of phenolic OH excluding ortho intramolecular Hbond substituents is 1. The van der Waals surface area contributed by atoms with Crippen LogP contribution < -0.4 is 16.0 Å². The first-order valence-electron chi connectivity index (χ1n) is 5.56. The topological polar surface area (TPSA) is 122 Å². The third kappa shape index (κ3) is 4.14. The van der Waals surface area contributed by atoms with Gasteiger partial charge in [0.05, 0.1) is 13.0 Å². The summed E-state index contributed by atoms with van der Waals surface area (Å²) in [4.78, 5) is 22.3. The van der Waals surface area contributed by atoms with E-state index in [9.17, 15) is 14.7 Å². The van der Waals surface area contributed by atoms with Crippen LogP contribution in [0.3, 0.4) is 0 Å². The van der Waals surface area contributed by atoms with Crippen molar-refractivity contribution >= 4 is 11.8 Å². The van der Waals surface area contributed by atoms with Crippen LogP contribution in [0.5, 0.6) is 11.5 Å². The van der Waals surface area contributed by atoms with Crippen molar-refractivity contribution in [1.82, 2.24) is 5.48 Å². The average molecular weight is 268 g/mol. The van der Waals surface area contributed by atoms with Crippen molar-refractivity contribution in [3.8, 4) is 11.5 Å². The zero-order valence-electron chi connectivity index (χ0n) is 10.4. The Morgan fingerprint density at radius 1 is 1.47 bits per heavy atom. The number of hydroxylamine groups is 1. The first kappa shape index (κ1) is 14.8. The van der Waals surface area contributed by atoms with Crippen LogP contribution in [-0.2, 0) is 16.0 Å². The van der Waals surface area contributed by atoms with Crippen LogP contribution in [-0.4, -0.2) is 29.2 Å². The lowest BCUT2D eigenvalue weighted by molar-refractivity contribution is -0.133. The lowest BCUT2D eigenvalue weighted by Gasteiger charge is -2.13. The summed E-state index contributed by atoms with van der Waals surface area (Å²) in [5, 5.41) is 18.0. The first-order valence-corrected chi connectivity index (χ1v) is 5.56. The van der Waals surface area contributed by atoms with Crippen LogP contribution in [0.1, 0.15) is 12.0 Å². The molecule has 5 N–H and O–H groups in total. The molecule has 1 atom stereocenters. The molecule has 2 amide bonds. The van der Waals surface area contributed by atoms with Gasteiger partial charge >= 0.3 is 0 Å². The highest BCUT2D eigenvalue weighted by molar-refractivity contribution is 5.84. The van der Waals surface area contributed by atoms with Crippen molar-refractivity contribution in [3.05, 3.63) is 23.8 Å². The predicted molar refractivity (Wildman–Crippen MR) is 65.6 cm³/mol. The molecule has 0 heterocycles. The minimum Gasteiger partial charge on any atom is -0.504 e. The zero-order valence-corrected chi connectivity index (χ0v) is 10.4. The van der Waals surface area contributed by atoms with Crippen LogP contribution in [0.4, 0.5) is 0 Å². The predicted octanol–water partition coefficient (Wildman–Crippen LogP) is -0.0597. The van der Waals surface area contributed by atoms with Crippen LogP contribution in [0.15, 0.2) is 18.2 Å². The van der Waals surface area contributed by atoms with Gasteiger partial charge in [0, 0.05) is 6.42 Å². The number of nitrogens with two attached hydrogens (primary N) is 1. The van der Waals surface area contributed by atoms with Gasteiger partial charge in [-0.15, -0.1) is 0 Å². The number of methoxy groups -OCH3 is 1. The molecule has 7 nitrogen and oxygen atoms in total. The van der Waals surface area contributed by atoms with E-state index in [1.165, 1.54) is 18.7 Å². The number of aromatic hydroxyl groups is 1. The van der Waals surface area contributed by atoms with Crippen LogP contribution in [0, 0.1) is 5.92 Å². The molecule has 7 heteroatoms. The minimum atomic E-state index is -0.764. The van der Waals surface area contributed by atoms with Crippen molar-refractivity contribution in [3.63, 3.8) is 0 Å². The highest BCUT2D eigenvalue weighted by atomic mass is 16.5. The second-order valence-electron chi connectivity index (χ2n) is 4.05. The molecule has 104 valence electrons. The number of phenols is 1. The van der Waals surface area contributed by atoms with Gasteiger partial charge in [0.15, 0.2) is 11.5 Å². The number of carbonyl (C=O) groups excluding carboxylic acids is 2. The zero-order chi connectivity index (χ0) is 14.4. The van der Waals surface area contributed by atoms with E-state index in [1.54, 1.807) is 12.1 Å². The molecule has 0 aliphatic carbocycles. The molecule has 0 radical (unpaired) electrons. The van der Waals surface area contributed by atoms with Crippen molar-refractivity contribution in [2.24, 2.45) is 11.7 Å². The molecule has 0 fully saturated rings. The fourth-order valence-corrected chi connectivity index (χ4v) is 1.69. The molecule has 0 aromatic heterocycles. The molecule has 0 saturated carbocycles. The summed E-state index contributed by atoms with van der Waals surface area (Å²) < 4.78 is 4.90. The molecular weight excluding hydrogens is 252 g/mol. The maximum Gasteiger partial charge on any atom is 0.244 e. The number of carbonyl (C=O) groups is 2. The lowest BCUT2D eigenvalue weighted by Crippen LogP contribution is -2.31. The van der Waals surface area contributed by atoms with Crippen molar-refractivity contribution in [2.75, 3.05) is 7.11 Å². The molecule has 1 rings (SSSR count). The Bertz CT molecular complexity index is 475. The summed E-state index contributed by atoms with van der Waals surface area (Å²) in [6.45, 7) is 0. The maximum atomic E-state index is 11.2. The highest BCUT2D eigenvalue weighted by Gasteiger charge is 2.20. The molecule has 19 heavy (non-hydrogen) atoms. The van der Waals surface area contributed by atoms with Crippen LogP contribution in [0.25, 0.3) is 0 Å². The van der Waals surface area contributed by atoms with Gasteiger partial charge < -0.3 is 15.6 Å². The van der Waals surface area contributed by atoms with Gasteiger partial charge in [0.25, 0.3) is 0 Å². The van der Waals surface area contributed by atoms with E-state index in [0.717, 1.165) is 0 Å². The van der Waals surface area contributed by atoms with E-state index >= 15 is 0 Å². The van der Waals surface area contributed by atoms with Crippen LogP contribution in [0.2, 0.25) is 0 Å². The van der Waals surface area contributed by atoms with Gasteiger partial charge in [0.1, 0.15) is 0 Å². The minimum absolute atomic E-state index is 0.0603. The Balaban J connectivity index is 2.82. The largest absolute Gasteiger partial charge is 0.504 e. The Morgan fingerprint density at radius 2 is 2.16 bits per heavy atom. The third-order valence-corrected chi connectivity index (χ3v) is 2.68.